The number of hydrogen-bond donors (Lipinski definition) is 1. The fourth-order valence-electron chi connectivity index (χ4n) is 11.2. The molecule has 5 aliphatic carbocycles. The van der Waals surface area contributed by atoms with E-state index in [1.165, 1.54) is 22.3 Å². The molecular formula is C46H48N2O6. The number of aliphatic hydroxyl groups is 1. The maximum Gasteiger partial charge on any atom is 0.260 e. The van der Waals surface area contributed by atoms with Crippen LogP contribution in [0.15, 0.2) is 113 Å². The minimum absolute atomic E-state index is 0.0196. The van der Waals surface area contributed by atoms with Crippen molar-refractivity contribution in [2.75, 3.05) is 29.7 Å². The Morgan fingerprint density at radius 3 is 2.63 bits per heavy atom. The molecule has 8 heteroatoms. The van der Waals surface area contributed by atoms with E-state index in [-0.39, 0.29) is 71.7 Å². The van der Waals surface area contributed by atoms with E-state index in [1.54, 1.807) is 9.80 Å². The van der Waals surface area contributed by atoms with E-state index in [4.69, 9.17) is 14.2 Å². The van der Waals surface area contributed by atoms with Gasteiger partial charge in [0.05, 0.1) is 12.5 Å². The molecule has 0 bridgehead atoms. The summed E-state index contributed by atoms with van der Waals surface area (Å²) in [6, 6.07) is 14.2. The first-order valence-electron chi connectivity index (χ1n) is 19.6. The van der Waals surface area contributed by atoms with Crippen molar-refractivity contribution in [2.24, 2.45) is 17.3 Å². The number of hydrogen-bond acceptors (Lipinski definition) is 6. The summed E-state index contributed by atoms with van der Waals surface area (Å²) in [6.07, 6.45) is 18.3. The summed E-state index contributed by atoms with van der Waals surface area (Å²) in [5, 5.41) is 10.3. The summed E-state index contributed by atoms with van der Waals surface area (Å²) < 4.78 is 18.8. The average Bonchev–Trinajstić information content (AvgIpc) is 3.90. The van der Waals surface area contributed by atoms with Gasteiger partial charge in [-0.25, -0.2) is 0 Å². The van der Waals surface area contributed by atoms with Crippen LogP contribution in [-0.4, -0.2) is 55.3 Å². The molecule has 6 atom stereocenters. The molecule has 2 aromatic rings. The van der Waals surface area contributed by atoms with Crippen LogP contribution in [0.3, 0.4) is 0 Å². The second-order valence-corrected chi connectivity index (χ2v) is 17.7. The maximum atomic E-state index is 14.1. The first-order chi connectivity index (χ1) is 26.0. The third kappa shape index (κ3) is 5.06. The summed E-state index contributed by atoms with van der Waals surface area (Å²) in [6.45, 7) is 10.0. The highest BCUT2D eigenvalue weighted by molar-refractivity contribution is 6.09. The largest absolute Gasteiger partial charge is 0.486 e. The van der Waals surface area contributed by atoms with E-state index >= 15 is 0 Å². The van der Waals surface area contributed by atoms with Gasteiger partial charge in [0.1, 0.15) is 24.7 Å². The molecule has 2 aromatic carbocycles. The number of carbonyl (C=O) groups excluding carboxylic acids is 2. The van der Waals surface area contributed by atoms with Crippen molar-refractivity contribution in [2.45, 2.75) is 89.1 Å². The Morgan fingerprint density at radius 1 is 0.944 bits per heavy atom. The Balaban J connectivity index is 0.876. The fraction of sp³-hybridized carbons (Fsp3) is 0.435. The number of fused-ring (bicyclic) bond motifs is 7. The third-order valence-corrected chi connectivity index (χ3v) is 13.3. The zero-order chi connectivity index (χ0) is 37.1. The normalized spacial score (nSPS) is 32.6. The van der Waals surface area contributed by atoms with Crippen LogP contribution in [0, 0.1) is 17.3 Å². The first-order valence-corrected chi connectivity index (χ1v) is 19.6. The number of rotatable bonds is 5. The Morgan fingerprint density at radius 2 is 1.78 bits per heavy atom. The zero-order valence-corrected chi connectivity index (χ0v) is 31.5. The number of anilines is 2. The second-order valence-electron chi connectivity index (χ2n) is 17.7. The van der Waals surface area contributed by atoms with Gasteiger partial charge < -0.3 is 19.3 Å². The Hall–Kier alpha value is -4.50. The molecule has 1 N–H and O–H groups in total. The van der Waals surface area contributed by atoms with Gasteiger partial charge in [0, 0.05) is 41.3 Å². The predicted molar refractivity (Wildman–Crippen MR) is 207 cm³/mol. The number of aliphatic hydroxyl groups excluding tert-OH is 1. The standard InChI is InChI=1S/C46H48N2O6/c1-44(2)24-46(25-45(3,4)39-27(22-49)9-7-14-37(39)46)36-18-16-32(21-38(36)44)53-31-15-17-33-28(19-31)23-52-26-47(41(33)50)29-10-8-11-30(20-29)48-42(51)35-13-6-5-12-34(35)40-43(48)54-40/h5-8,10-12,14,16-21,27,31,35,40,43,49H,9,13,15,22-26H2,1-4H3/t27?,31?,35?,40?,43-,46?/m1/s1. The number of allylic oxidation sites excluding steroid dienone is 6. The van der Waals surface area contributed by atoms with E-state index in [1.807, 2.05) is 54.6 Å². The minimum Gasteiger partial charge on any atom is -0.486 e. The molecule has 3 heterocycles. The van der Waals surface area contributed by atoms with E-state index in [0.717, 1.165) is 41.8 Å². The number of carbonyl (C=O) groups is 2. The molecule has 3 fully saturated rings. The summed E-state index contributed by atoms with van der Waals surface area (Å²) in [7, 11) is 0. The highest BCUT2D eigenvalue weighted by Crippen LogP contribution is 2.66. The SMILES string of the molecule is CC1(C)CC2(CC(C)(C)c3cc(OC4C=C5COCN(c6cccc(N7C(=O)C8CC=CC=C8C8O[C@H]87)c6)C(=O)C5=CC4)ccc32)C2=C1C(CO)CC=C2. The Bertz CT molecular complexity index is 2180. The smallest absolute Gasteiger partial charge is 0.260 e. The van der Waals surface area contributed by atoms with Crippen molar-refractivity contribution < 1.29 is 28.9 Å². The Kier molecular flexibility index (Phi) is 7.56. The van der Waals surface area contributed by atoms with Gasteiger partial charge in [-0.15, -0.1) is 0 Å². The molecule has 3 aliphatic heterocycles. The van der Waals surface area contributed by atoms with Gasteiger partial charge in [0.15, 0.2) is 6.23 Å². The van der Waals surface area contributed by atoms with Gasteiger partial charge in [-0.05, 0) is 101 Å². The quantitative estimate of drug-likeness (QED) is 0.322. The molecule has 54 heavy (non-hydrogen) atoms. The van der Waals surface area contributed by atoms with Gasteiger partial charge >= 0.3 is 0 Å². The van der Waals surface area contributed by atoms with Crippen molar-refractivity contribution in [1.82, 2.24) is 0 Å². The lowest BCUT2D eigenvalue weighted by atomic mass is 9.71. The topological polar surface area (TPSA) is 91.8 Å². The fourth-order valence-corrected chi connectivity index (χ4v) is 11.2. The molecule has 8 aliphatic rings. The van der Waals surface area contributed by atoms with Crippen molar-refractivity contribution in [3.63, 3.8) is 0 Å². The van der Waals surface area contributed by atoms with Crippen LogP contribution in [0.25, 0.3) is 0 Å². The lowest BCUT2D eigenvalue weighted by Crippen LogP contribution is -2.45. The van der Waals surface area contributed by atoms with E-state index in [2.05, 4.69) is 58.0 Å². The van der Waals surface area contributed by atoms with E-state index in [0.29, 0.717) is 30.7 Å². The van der Waals surface area contributed by atoms with Crippen molar-refractivity contribution >= 4 is 23.2 Å². The lowest BCUT2D eigenvalue weighted by Gasteiger charge is -2.32. The van der Waals surface area contributed by atoms with E-state index < -0.39 is 0 Å². The number of epoxide rings is 1. The molecule has 2 amide bonds. The number of amides is 2. The molecule has 0 radical (unpaired) electrons. The number of piperidine rings is 1. The van der Waals surface area contributed by atoms with Crippen LogP contribution >= 0.6 is 0 Å². The van der Waals surface area contributed by atoms with Crippen molar-refractivity contribution in [3.8, 4) is 5.75 Å². The first kappa shape index (κ1) is 34.0. The third-order valence-electron chi connectivity index (χ3n) is 13.3. The highest BCUT2D eigenvalue weighted by Gasteiger charge is 2.59. The van der Waals surface area contributed by atoms with Crippen LogP contribution in [0.5, 0.6) is 5.75 Å². The van der Waals surface area contributed by atoms with Gasteiger partial charge in [-0.3, -0.25) is 19.4 Å². The van der Waals surface area contributed by atoms with Gasteiger partial charge in [0.25, 0.3) is 5.91 Å². The molecule has 8 nitrogen and oxygen atoms in total. The van der Waals surface area contributed by atoms with Crippen molar-refractivity contribution in [3.05, 3.63) is 124 Å². The molecule has 10 rings (SSSR count). The summed E-state index contributed by atoms with van der Waals surface area (Å²) in [4.78, 5) is 31.2. The molecule has 0 aromatic heterocycles. The van der Waals surface area contributed by atoms with Gasteiger partial charge in [0.2, 0.25) is 5.91 Å². The van der Waals surface area contributed by atoms with E-state index in [9.17, 15) is 14.7 Å². The maximum absolute atomic E-state index is 14.1. The van der Waals surface area contributed by atoms with Crippen LogP contribution in [0.1, 0.15) is 70.9 Å². The number of benzene rings is 2. The molecule has 1 spiro atoms. The second kappa shape index (κ2) is 12.0. The summed E-state index contributed by atoms with van der Waals surface area (Å²) in [5.74, 6) is 0.720. The van der Waals surface area contributed by atoms with Crippen LogP contribution in [0.2, 0.25) is 0 Å². The molecule has 278 valence electrons. The van der Waals surface area contributed by atoms with Crippen LogP contribution in [-0.2, 0) is 29.9 Å². The van der Waals surface area contributed by atoms with Crippen LogP contribution < -0.4 is 14.5 Å². The summed E-state index contributed by atoms with van der Waals surface area (Å²) in [5.41, 5.74) is 9.41. The Labute approximate surface area is 317 Å². The van der Waals surface area contributed by atoms with Crippen molar-refractivity contribution in [1.29, 1.82) is 0 Å². The zero-order valence-electron chi connectivity index (χ0n) is 31.5. The highest BCUT2D eigenvalue weighted by atomic mass is 16.6. The lowest BCUT2D eigenvalue weighted by molar-refractivity contribution is -0.122. The molecule has 0 saturated carbocycles. The van der Waals surface area contributed by atoms with Gasteiger partial charge in [-0.1, -0.05) is 81.9 Å². The predicted octanol–water partition coefficient (Wildman–Crippen LogP) is 7.50. The molecule has 5 unspecified atom stereocenters. The molecule has 3 saturated heterocycles. The minimum atomic E-state index is -0.308. The monoisotopic (exact) mass is 724 g/mol. The number of nitrogens with zero attached hydrogens (tertiary/aromatic N) is 2. The molecular weight excluding hydrogens is 677 g/mol. The van der Waals surface area contributed by atoms with Crippen LogP contribution in [0.4, 0.5) is 11.4 Å². The number of ether oxygens (including phenoxy) is 3. The average molecular weight is 725 g/mol. The van der Waals surface area contributed by atoms with Gasteiger partial charge in [-0.2, -0.15) is 0 Å². The summed E-state index contributed by atoms with van der Waals surface area (Å²) >= 11 is 0.